The van der Waals surface area contributed by atoms with Crippen molar-refractivity contribution in [3.63, 3.8) is 0 Å². The minimum absolute atomic E-state index is 0.138. The highest BCUT2D eigenvalue weighted by molar-refractivity contribution is 7.89. The van der Waals surface area contributed by atoms with Crippen LogP contribution in [0.15, 0.2) is 53.4 Å². The van der Waals surface area contributed by atoms with Crippen molar-refractivity contribution in [3.8, 4) is 0 Å². The maximum absolute atomic E-state index is 13.0. The van der Waals surface area contributed by atoms with Crippen LogP contribution in [0.1, 0.15) is 29.0 Å². The molecule has 0 aliphatic carbocycles. The van der Waals surface area contributed by atoms with E-state index in [1.54, 1.807) is 28.4 Å². The lowest BCUT2D eigenvalue weighted by atomic mass is 9.98. The second kappa shape index (κ2) is 6.52. The van der Waals surface area contributed by atoms with Crippen LogP contribution >= 0.6 is 0 Å². The van der Waals surface area contributed by atoms with Crippen molar-refractivity contribution in [2.45, 2.75) is 30.2 Å². The van der Waals surface area contributed by atoms with Crippen molar-refractivity contribution in [3.05, 3.63) is 65.2 Å². The van der Waals surface area contributed by atoms with Gasteiger partial charge in [0.05, 0.1) is 4.90 Å². The largest absolute Gasteiger partial charge is 0.345 e. The zero-order chi connectivity index (χ0) is 18.3. The smallest absolute Gasteiger partial charge is 0.243 e. The molecule has 6 heteroatoms. The minimum Gasteiger partial charge on any atom is -0.345 e. The third kappa shape index (κ3) is 3.04. The number of nitrogens with zero attached hydrogens (tertiary/aromatic N) is 2. The van der Waals surface area contributed by atoms with Crippen LogP contribution in [0.4, 0.5) is 0 Å². The second-order valence-corrected chi connectivity index (χ2v) is 9.04. The van der Waals surface area contributed by atoms with E-state index in [4.69, 9.17) is 0 Å². The molecule has 26 heavy (non-hydrogen) atoms. The predicted molar refractivity (Wildman–Crippen MR) is 99.2 cm³/mol. The maximum atomic E-state index is 13.0. The zero-order valence-electron chi connectivity index (χ0n) is 14.8. The summed E-state index contributed by atoms with van der Waals surface area (Å²) in [6.45, 7) is 1.61. The van der Waals surface area contributed by atoms with Gasteiger partial charge in [-0.1, -0.05) is 36.4 Å². The fraction of sp³-hybridized carbons (Fsp3) is 0.350. The quantitative estimate of drug-likeness (QED) is 0.834. The summed E-state index contributed by atoms with van der Waals surface area (Å²) in [4.78, 5) is 13.8. The van der Waals surface area contributed by atoms with Gasteiger partial charge in [-0.3, -0.25) is 4.79 Å². The van der Waals surface area contributed by atoms with E-state index >= 15 is 0 Å². The zero-order valence-corrected chi connectivity index (χ0v) is 15.6. The van der Waals surface area contributed by atoms with Crippen LogP contribution in [0, 0.1) is 0 Å². The Labute approximate surface area is 154 Å². The van der Waals surface area contributed by atoms with Gasteiger partial charge >= 0.3 is 0 Å². The summed E-state index contributed by atoms with van der Waals surface area (Å²) in [5.74, 6) is 0.282. The van der Waals surface area contributed by atoms with E-state index < -0.39 is 10.0 Å². The monoisotopic (exact) mass is 370 g/mol. The fourth-order valence-corrected chi connectivity index (χ4v) is 5.24. The number of fused-ring (bicyclic) bond motifs is 1. The molecule has 1 saturated heterocycles. The molecule has 2 aromatic carbocycles. The topological polar surface area (TPSA) is 57.7 Å². The number of sulfonamides is 1. The number of carbonyl (C=O) groups is 1. The molecule has 4 rings (SSSR count). The number of hydrogen-bond acceptors (Lipinski definition) is 3. The first-order valence-electron chi connectivity index (χ1n) is 8.86. The molecule has 2 aliphatic rings. The van der Waals surface area contributed by atoms with Gasteiger partial charge in [0, 0.05) is 39.0 Å². The van der Waals surface area contributed by atoms with Crippen LogP contribution in [0.2, 0.25) is 0 Å². The van der Waals surface area contributed by atoms with Gasteiger partial charge in [0.1, 0.15) is 0 Å². The molecule has 0 radical (unpaired) electrons. The van der Waals surface area contributed by atoms with Gasteiger partial charge in [0.15, 0.2) is 0 Å². The second-order valence-electron chi connectivity index (χ2n) is 7.10. The van der Waals surface area contributed by atoms with Crippen LogP contribution in [-0.4, -0.2) is 43.7 Å². The lowest BCUT2D eigenvalue weighted by Crippen LogP contribution is -2.35. The Bertz CT molecular complexity index is 938. The SMILES string of the molecule is CN1CC(c2ccc(S(=O)(=O)N3CCc4ccccc4C3)cc2)CC1=O. The van der Waals surface area contributed by atoms with Gasteiger partial charge < -0.3 is 4.90 Å². The average molecular weight is 370 g/mol. The summed E-state index contributed by atoms with van der Waals surface area (Å²) < 4.78 is 27.5. The standard InChI is InChI=1S/C20H22N2O3S/c1-21-13-18(12-20(21)23)16-6-8-19(9-7-16)26(24,25)22-11-10-15-4-2-3-5-17(15)14-22/h2-9,18H,10-14H2,1H3. The summed E-state index contributed by atoms with van der Waals surface area (Å²) in [5, 5.41) is 0. The lowest BCUT2D eigenvalue weighted by molar-refractivity contribution is -0.126. The summed E-state index contributed by atoms with van der Waals surface area (Å²) in [6, 6.07) is 15.0. The number of rotatable bonds is 3. The number of benzene rings is 2. The first-order valence-corrected chi connectivity index (χ1v) is 10.3. The van der Waals surface area contributed by atoms with Gasteiger partial charge in [-0.2, -0.15) is 4.31 Å². The van der Waals surface area contributed by atoms with Crippen LogP contribution in [-0.2, 0) is 27.8 Å². The van der Waals surface area contributed by atoms with Gasteiger partial charge in [0.2, 0.25) is 15.9 Å². The molecule has 0 spiro atoms. The van der Waals surface area contributed by atoms with Crippen molar-refractivity contribution in [2.75, 3.05) is 20.1 Å². The maximum Gasteiger partial charge on any atom is 0.243 e. The third-order valence-electron chi connectivity index (χ3n) is 5.43. The normalized spacial score (nSPS) is 21.0. The third-order valence-corrected chi connectivity index (χ3v) is 7.29. The highest BCUT2D eigenvalue weighted by Gasteiger charge is 2.30. The summed E-state index contributed by atoms with van der Waals surface area (Å²) in [5.41, 5.74) is 3.32. The molecule has 0 N–H and O–H groups in total. The lowest BCUT2D eigenvalue weighted by Gasteiger charge is -2.28. The Morgan fingerprint density at radius 1 is 1.00 bits per heavy atom. The van der Waals surface area contributed by atoms with E-state index in [-0.39, 0.29) is 11.8 Å². The molecule has 1 unspecified atom stereocenters. The van der Waals surface area contributed by atoms with Gasteiger partial charge in [-0.25, -0.2) is 8.42 Å². The Morgan fingerprint density at radius 3 is 2.35 bits per heavy atom. The summed E-state index contributed by atoms with van der Waals surface area (Å²) >= 11 is 0. The number of amides is 1. The van der Waals surface area contributed by atoms with E-state index in [0.29, 0.717) is 31.0 Å². The van der Waals surface area contributed by atoms with Gasteiger partial charge in [0.25, 0.3) is 0 Å². The molecule has 1 atom stereocenters. The van der Waals surface area contributed by atoms with Gasteiger partial charge in [-0.15, -0.1) is 0 Å². The highest BCUT2D eigenvalue weighted by atomic mass is 32.2. The molecule has 1 fully saturated rings. The molecule has 0 aromatic heterocycles. The number of hydrogen-bond donors (Lipinski definition) is 0. The molecule has 2 aromatic rings. The minimum atomic E-state index is -3.51. The molecular formula is C20H22N2O3S. The van der Waals surface area contributed by atoms with Crippen LogP contribution in [0.5, 0.6) is 0 Å². The first-order chi connectivity index (χ1) is 12.4. The van der Waals surface area contributed by atoms with Crippen molar-refractivity contribution in [1.82, 2.24) is 9.21 Å². The molecular weight excluding hydrogens is 348 g/mol. The number of carbonyl (C=O) groups excluding carboxylic acids is 1. The number of likely N-dealkylation sites (N-methyl/N-ethyl adjacent to an activating group) is 1. The molecule has 0 saturated carbocycles. The van der Waals surface area contributed by atoms with Crippen LogP contribution in [0.25, 0.3) is 0 Å². The van der Waals surface area contributed by atoms with Crippen molar-refractivity contribution >= 4 is 15.9 Å². The van der Waals surface area contributed by atoms with E-state index in [1.165, 1.54) is 5.56 Å². The van der Waals surface area contributed by atoms with Crippen LogP contribution < -0.4 is 0 Å². The summed E-state index contributed by atoms with van der Waals surface area (Å²) in [7, 11) is -1.71. The molecule has 2 aliphatic heterocycles. The summed E-state index contributed by atoms with van der Waals surface area (Å²) in [6.07, 6.45) is 1.23. The number of likely N-dealkylation sites (tertiary alicyclic amines) is 1. The molecule has 136 valence electrons. The average Bonchev–Trinajstić information content (AvgIpc) is 3.00. The fourth-order valence-electron chi connectivity index (χ4n) is 3.82. The Balaban J connectivity index is 1.54. The molecule has 1 amide bonds. The first kappa shape index (κ1) is 17.2. The Hall–Kier alpha value is -2.18. The van der Waals surface area contributed by atoms with E-state index in [9.17, 15) is 13.2 Å². The van der Waals surface area contributed by atoms with Crippen molar-refractivity contribution in [2.24, 2.45) is 0 Å². The van der Waals surface area contributed by atoms with E-state index in [1.807, 2.05) is 30.3 Å². The van der Waals surface area contributed by atoms with E-state index in [2.05, 4.69) is 6.07 Å². The Kier molecular flexibility index (Phi) is 4.32. The predicted octanol–water partition coefficient (Wildman–Crippen LogP) is 2.38. The van der Waals surface area contributed by atoms with Crippen molar-refractivity contribution < 1.29 is 13.2 Å². The van der Waals surface area contributed by atoms with Crippen LogP contribution in [0.3, 0.4) is 0 Å². The molecule has 0 bridgehead atoms. The van der Waals surface area contributed by atoms with Crippen molar-refractivity contribution in [1.29, 1.82) is 0 Å². The van der Waals surface area contributed by atoms with E-state index in [0.717, 1.165) is 17.5 Å². The Morgan fingerprint density at radius 2 is 1.69 bits per heavy atom. The highest BCUT2D eigenvalue weighted by Crippen LogP contribution is 2.29. The molecule has 2 heterocycles. The molecule has 5 nitrogen and oxygen atoms in total. The van der Waals surface area contributed by atoms with Gasteiger partial charge in [-0.05, 0) is 35.2 Å².